The third-order valence-electron chi connectivity index (χ3n) is 8.42. The van der Waals surface area contributed by atoms with Crippen LogP contribution in [0.5, 0.6) is 0 Å². The summed E-state index contributed by atoms with van der Waals surface area (Å²) in [6.45, 7) is 4.34. The van der Waals surface area contributed by atoms with Crippen LogP contribution < -0.4 is 16.2 Å². The number of hydrogen-bond acceptors (Lipinski definition) is 6. The van der Waals surface area contributed by atoms with E-state index < -0.39 is 12.1 Å². The Hall–Kier alpha value is -5.70. The molecule has 0 unspecified atom stereocenters. The molecule has 2 amide bonds. The molecule has 232 valence electrons. The number of amides is 2. The Bertz CT molecular complexity index is 2030. The van der Waals surface area contributed by atoms with Crippen molar-refractivity contribution < 1.29 is 19.1 Å². The zero-order valence-electron chi connectivity index (χ0n) is 25.8. The fourth-order valence-electron chi connectivity index (χ4n) is 6.02. The highest BCUT2D eigenvalue weighted by Gasteiger charge is 2.27. The second-order valence-electron chi connectivity index (χ2n) is 11.7. The number of nitrogens with zero attached hydrogens (tertiary/aromatic N) is 1. The van der Waals surface area contributed by atoms with E-state index in [1.807, 2.05) is 74.5 Å². The summed E-state index contributed by atoms with van der Waals surface area (Å²) in [5, 5.41) is 7.54. The van der Waals surface area contributed by atoms with Gasteiger partial charge in [-0.25, -0.2) is 4.79 Å². The van der Waals surface area contributed by atoms with Gasteiger partial charge in [0.1, 0.15) is 12.3 Å². The van der Waals surface area contributed by atoms with E-state index in [1.54, 1.807) is 42.4 Å². The Morgan fingerprint density at radius 2 is 1.80 bits per heavy atom. The first-order valence-electron chi connectivity index (χ1n) is 15.1. The molecular formula is C37H34N4O5. The number of nitrogens with one attached hydrogen (secondary N) is 3. The summed E-state index contributed by atoms with van der Waals surface area (Å²) in [7, 11) is 1.73. The number of hydrogen-bond donors (Lipinski definition) is 3. The number of aryl methyl sites for hydroxylation is 1. The van der Waals surface area contributed by atoms with Gasteiger partial charge in [0.15, 0.2) is 0 Å². The molecule has 4 aromatic carbocycles. The lowest BCUT2D eigenvalue weighted by molar-refractivity contribution is -0.131. The van der Waals surface area contributed by atoms with E-state index in [0.717, 1.165) is 45.1 Å². The minimum absolute atomic E-state index is 0.0901. The summed E-state index contributed by atoms with van der Waals surface area (Å²) in [6.07, 6.45) is 1.83. The molecule has 7 rings (SSSR count). The Labute approximate surface area is 266 Å². The van der Waals surface area contributed by atoms with Gasteiger partial charge in [-0.1, -0.05) is 55.5 Å². The third kappa shape index (κ3) is 6.25. The molecule has 4 bridgehead atoms. The highest BCUT2D eigenvalue weighted by molar-refractivity contribution is 5.90. The van der Waals surface area contributed by atoms with Crippen LogP contribution in [0.3, 0.4) is 0 Å². The molecule has 9 heteroatoms. The van der Waals surface area contributed by atoms with Crippen LogP contribution in [0, 0.1) is 6.92 Å². The van der Waals surface area contributed by atoms with Crippen LogP contribution in [-0.4, -0.2) is 41.8 Å². The van der Waals surface area contributed by atoms with Crippen LogP contribution in [0.1, 0.15) is 51.5 Å². The Morgan fingerprint density at radius 3 is 2.61 bits per heavy atom. The summed E-state index contributed by atoms with van der Waals surface area (Å²) in [5.74, 6) is -0.285. The van der Waals surface area contributed by atoms with Gasteiger partial charge >= 0.3 is 6.09 Å². The summed E-state index contributed by atoms with van der Waals surface area (Å²) in [5.41, 5.74) is 6.57. The van der Waals surface area contributed by atoms with Crippen LogP contribution in [0.4, 0.5) is 16.2 Å². The van der Waals surface area contributed by atoms with Crippen molar-refractivity contribution in [3.8, 4) is 11.1 Å². The molecule has 0 fully saturated rings. The van der Waals surface area contributed by atoms with Gasteiger partial charge in [0.25, 0.3) is 5.56 Å². The van der Waals surface area contributed by atoms with Gasteiger partial charge in [-0.15, -0.1) is 0 Å². The van der Waals surface area contributed by atoms with Crippen molar-refractivity contribution in [2.24, 2.45) is 0 Å². The highest BCUT2D eigenvalue weighted by Crippen LogP contribution is 2.32. The quantitative estimate of drug-likeness (QED) is 0.192. The van der Waals surface area contributed by atoms with E-state index in [-0.39, 0.29) is 30.5 Å². The standard InChI is InChI=1S/C37H34N4O5/c1-22-15-27-8-11-31(22)23(2)21-46-37(45)40-29-10-12-32(26-6-4-5-24(16-26)20-42)28(17-29)19-41(3)36(44)34(27)39-30-9-7-25-13-14-38-35(43)33(25)18-30/h4-18,20,23,34,39H,19,21H2,1-3H3,(H,38,43)(H,40,45)/t23-,34+/m0/s1. The number of carbonyl (C=O) groups excluding carboxylic acids is 3. The monoisotopic (exact) mass is 614 g/mol. The van der Waals surface area contributed by atoms with Crippen LogP contribution in [0.2, 0.25) is 0 Å². The van der Waals surface area contributed by atoms with Gasteiger partial charge in [0, 0.05) is 48.0 Å². The van der Waals surface area contributed by atoms with E-state index in [4.69, 9.17) is 4.74 Å². The van der Waals surface area contributed by atoms with E-state index in [9.17, 15) is 19.2 Å². The largest absolute Gasteiger partial charge is 0.449 e. The summed E-state index contributed by atoms with van der Waals surface area (Å²) < 4.78 is 5.60. The number of aldehydes is 1. The van der Waals surface area contributed by atoms with Crippen molar-refractivity contribution in [1.29, 1.82) is 0 Å². The number of pyridine rings is 1. The molecule has 0 saturated carbocycles. The summed E-state index contributed by atoms with van der Waals surface area (Å²) in [4.78, 5) is 55.6. The van der Waals surface area contributed by atoms with Crippen molar-refractivity contribution in [1.82, 2.24) is 9.88 Å². The molecule has 9 nitrogen and oxygen atoms in total. The van der Waals surface area contributed by atoms with Gasteiger partial charge in [0.05, 0.1) is 6.61 Å². The maximum atomic E-state index is 14.4. The predicted molar refractivity (Wildman–Crippen MR) is 179 cm³/mol. The van der Waals surface area contributed by atoms with E-state index >= 15 is 0 Å². The first kappa shape index (κ1) is 30.3. The average molecular weight is 615 g/mol. The number of fused-ring (bicyclic) bond motifs is 10. The lowest BCUT2D eigenvalue weighted by Gasteiger charge is -2.28. The Morgan fingerprint density at radius 1 is 0.957 bits per heavy atom. The number of carbonyl (C=O) groups is 3. The van der Waals surface area contributed by atoms with Crippen molar-refractivity contribution in [3.63, 3.8) is 0 Å². The summed E-state index contributed by atoms with van der Waals surface area (Å²) >= 11 is 0. The number of benzene rings is 4. The molecular weight excluding hydrogens is 580 g/mol. The SMILES string of the molecule is Cc1cc2ccc1[C@@H](C)COC(=O)Nc1ccc(-c3cccc(C=O)c3)c(c1)CN(C)C(=O)[C@@H]2Nc1ccc2cc[nH]c(=O)c2c1. The number of anilines is 2. The predicted octanol–water partition coefficient (Wildman–Crippen LogP) is 6.79. The maximum absolute atomic E-state index is 14.4. The minimum Gasteiger partial charge on any atom is -0.449 e. The first-order chi connectivity index (χ1) is 22.2. The lowest BCUT2D eigenvalue weighted by atomic mass is 9.92. The van der Waals surface area contributed by atoms with Crippen molar-refractivity contribution >= 4 is 40.4 Å². The normalized spacial score (nSPS) is 17.0. The highest BCUT2D eigenvalue weighted by atomic mass is 16.5. The third-order valence-corrected chi connectivity index (χ3v) is 8.42. The average Bonchev–Trinajstić information content (AvgIpc) is 3.06. The fraction of sp³-hybridized carbons (Fsp3) is 0.189. The lowest BCUT2D eigenvalue weighted by Crippen LogP contribution is -2.35. The number of H-pyrrole nitrogens is 1. The van der Waals surface area contributed by atoms with E-state index in [1.165, 1.54) is 0 Å². The molecule has 0 spiro atoms. The van der Waals surface area contributed by atoms with Crippen LogP contribution >= 0.6 is 0 Å². The number of aromatic amines is 1. The molecule has 3 heterocycles. The number of likely N-dealkylation sites (N-methyl/N-ethyl adjacent to an activating group) is 1. The van der Waals surface area contributed by atoms with E-state index in [0.29, 0.717) is 22.3 Å². The molecule has 3 N–H and O–H groups in total. The molecule has 46 heavy (non-hydrogen) atoms. The minimum atomic E-state index is -0.776. The van der Waals surface area contributed by atoms with Gasteiger partial charge in [-0.2, -0.15) is 0 Å². The summed E-state index contributed by atoms with van der Waals surface area (Å²) in [6, 6.07) is 25.1. The first-order valence-corrected chi connectivity index (χ1v) is 15.1. The topological polar surface area (TPSA) is 121 Å². The van der Waals surface area contributed by atoms with Crippen molar-refractivity contribution in [2.45, 2.75) is 32.4 Å². The van der Waals surface area contributed by atoms with E-state index in [2.05, 4.69) is 15.6 Å². The molecule has 5 aromatic rings. The van der Waals surface area contributed by atoms with Crippen LogP contribution in [-0.2, 0) is 16.1 Å². The molecule has 1 aromatic heterocycles. The number of ether oxygens (including phenoxy) is 1. The fourth-order valence-corrected chi connectivity index (χ4v) is 6.02. The second kappa shape index (κ2) is 12.7. The molecule has 0 saturated heterocycles. The van der Waals surface area contributed by atoms with Gasteiger partial charge in [-0.3, -0.25) is 19.7 Å². The van der Waals surface area contributed by atoms with Gasteiger partial charge in [-0.05, 0) is 82.1 Å². The molecule has 2 aliphatic rings. The smallest absolute Gasteiger partial charge is 0.411 e. The second-order valence-corrected chi connectivity index (χ2v) is 11.7. The molecule has 2 atom stereocenters. The van der Waals surface area contributed by atoms with Gasteiger partial charge in [0.2, 0.25) is 5.91 Å². The molecule has 0 aliphatic carbocycles. The van der Waals surface area contributed by atoms with Gasteiger partial charge < -0.3 is 19.9 Å². The van der Waals surface area contributed by atoms with Crippen LogP contribution in [0.15, 0.2) is 95.9 Å². The number of aromatic nitrogens is 1. The molecule has 2 aliphatic heterocycles. The Balaban J connectivity index is 1.44. The maximum Gasteiger partial charge on any atom is 0.411 e. The van der Waals surface area contributed by atoms with Crippen LogP contribution in [0.25, 0.3) is 21.9 Å². The number of rotatable bonds is 4. The molecule has 0 radical (unpaired) electrons. The zero-order chi connectivity index (χ0) is 32.4. The Kier molecular flexibility index (Phi) is 8.39. The van der Waals surface area contributed by atoms with Crippen molar-refractivity contribution in [2.75, 3.05) is 24.3 Å². The zero-order valence-corrected chi connectivity index (χ0v) is 25.8. The van der Waals surface area contributed by atoms with Crippen molar-refractivity contribution in [3.05, 3.63) is 129 Å².